The summed E-state index contributed by atoms with van der Waals surface area (Å²) in [6.07, 6.45) is 1.91. The highest BCUT2D eigenvalue weighted by Crippen LogP contribution is 2.28. The molecule has 0 heterocycles. The van der Waals surface area contributed by atoms with Crippen LogP contribution in [0, 0.1) is 0 Å². The highest BCUT2D eigenvalue weighted by atomic mass is 32.2. The first-order valence-corrected chi connectivity index (χ1v) is 9.42. The van der Waals surface area contributed by atoms with Gasteiger partial charge in [0, 0.05) is 11.4 Å². The molecule has 0 saturated heterocycles. The molecule has 1 N–H and O–H groups in total. The molecular formula is C17H22N2O3S. The zero-order valence-corrected chi connectivity index (χ0v) is 14.4. The number of fused-ring (bicyclic) bond motifs is 1. The van der Waals surface area contributed by atoms with Gasteiger partial charge in [-0.25, -0.2) is 8.42 Å². The maximum absolute atomic E-state index is 12.2. The Morgan fingerprint density at radius 2 is 1.83 bits per heavy atom. The van der Waals surface area contributed by atoms with Crippen molar-refractivity contribution in [3.63, 3.8) is 0 Å². The number of anilines is 1. The largest absolute Gasteiger partial charge is 0.352 e. The van der Waals surface area contributed by atoms with Gasteiger partial charge in [-0.1, -0.05) is 43.3 Å². The Bertz CT molecular complexity index is 797. The van der Waals surface area contributed by atoms with Crippen molar-refractivity contribution in [2.24, 2.45) is 0 Å². The molecule has 23 heavy (non-hydrogen) atoms. The van der Waals surface area contributed by atoms with E-state index in [9.17, 15) is 13.2 Å². The fourth-order valence-electron chi connectivity index (χ4n) is 2.36. The van der Waals surface area contributed by atoms with E-state index in [1.54, 1.807) is 12.1 Å². The lowest BCUT2D eigenvalue weighted by Crippen LogP contribution is -2.43. The first-order valence-electron chi connectivity index (χ1n) is 7.57. The van der Waals surface area contributed by atoms with Gasteiger partial charge in [-0.05, 0) is 24.8 Å². The minimum absolute atomic E-state index is 0.0106. The van der Waals surface area contributed by atoms with Gasteiger partial charge in [0.15, 0.2) is 0 Å². The molecule has 0 aromatic heterocycles. The monoisotopic (exact) mass is 334 g/mol. The average molecular weight is 334 g/mol. The summed E-state index contributed by atoms with van der Waals surface area (Å²) in [4.78, 5) is 12.2. The van der Waals surface area contributed by atoms with Gasteiger partial charge < -0.3 is 5.32 Å². The van der Waals surface area contributed by atoms with E-state index in [-0.39, 0.29) is 18.5 Å². The van der Waals surface area contributed by atoms with Crippen LogP contribution >= 0.6 is 0 Å². The van der Waals surface area contributed by atoms with Gasteiger partial charge in [0.05, 0.1) is 11.9 Å². The van der Waals surface area contributed by atoms with Crippen LogP contribution in [0.3, 0.4) is 0 Å². The number of hydrogen-bond donors (Lipinski definition) is 1. The van der Waals surface area contributed by atoms with Crippen LogP contribution in [0.5, 0.6) is 0 Å². The Morgan fingerprint density at radius 1 is 1.17 bits per heavy atom. The van der Waals surface area contributed by atoms with E-state index in [1.807, 2.05) is 44.2 Å². The van der Waals surface area contributed by atoms with E-state index >= 15 is 0 Å². The van der Waals surface area contributed by atoms with Crippen LogP contribution in [0.2, 0.25) is 0 Å². The van der Waals surface area contributed by atoms with E-state index in [4.69, 9.17) is 0 Å². The molecule has 0 aliphatic carbocycles. The van der Waals surface area contributed by atoms with Gasteiger partial charge in [-0.2, -0.15) is 0 Å². The molecule has 0 aliphatic heterocycles. The number of benzene rings is 2. The Kier molecular flexibility index (Phi) is 5.26. The van der Waals surface area contributed by atoms with Crippen molar-refractivity contribution in [2.75, 3.05) is 17.1 Å². The third kappa shape index (κ3) is 4.22. The molecule has 0 fully saturated rings. The molecule has 0 saturated carbocycles. The van der Waals surface area contributed by atoms with Crippen LogP contribution in [0.1, 0.15) is 20.3 Å². The van der Waals surface area contributed by atoms with Crippen LogP contribution in [0.25, 0.3) is 10.8 Å². The van der Waals surface area contributed by atoms with E-state index in [0.29, 0.717) is 5.69 Å². The number of hydrogen-bond acceptors (Lipinski definition) is 3. The number of nitrogens with one attached hydrogen (secondary N) is 1. The molecule has 1 amide bonds. The average Bonchev–Trinajstić information content (AvgIpc) is 2.51. The molecule has 124 valence electrons. The summed E-state index contributed by atoms with van der Waals surface area (Å²) in [5.74, 6) is -0.308. The summed E-state index contributed by atoms with van der Waals surface area (Å²) in [7, 11) is -3.57. The minimum Gasteiger partial charge on any atom is -0.352 e. The molecule has 2 aromatic carbocycles. The van der Waals surface area contributed by atoms with E-state index < -0.39 is 10.0 Å². The fraction of sp³-hybridized carbons (Fsp3) is 0.353. The van der Waals surface area contributed by atoms with Gasteiger partial charge in [0.25, 0.3) is 0 Å². The van der Waals surface area contributed by atoms with Crippen molar-refractivity contribution < 1.29 is 13.2 Å². The minimum atomic E-state index is -3.57. The van der Waals surface area contributed by atoms with Gasteiger partial charge in [0.2, 0.25) is 15.9 Å². The van der Waals surface area contributed by atoms with Gasteiger partial charge >= 0.3 is 0 Å². The molecule has 0 radical (unpaired) electrons. The third-order valence-electron chi connectivity index (χ3n) is 3.74. The Morgan fingerprint density at radius 3 is 2.48 bits per heavy atom. The predicted octanol–water partition coefficient (Wildman–Crippen LogP) is 2.52. The maximum atomic E-state index is 12.2. The number of nitrogens with zero attached hydrogens (tertiary/aromatic N) is 1. The van der Waals surface area contributed by atoms with Crippen LogP contribution < -0.4 is 9.62 Å². The normalized spacial score (nSPS) is 12.8. The molecule has 6 heteroatoms. The highest BCUT2D eigenvalue weighted by Gasteiger charge is 2.22. The van der Waals surface area contributed by atoms with E-state index in [1.165, 1.54) is 0 Å². The fourth-order valence-corrected chi connectivity index (χ4v) is 3.23. The molecule has 2 aromatic rings. The molecule has 1 atom stereocenters. The Hall–Kier alpha value is -2.08. The molecule has 5 nitrogen and oxygen atoms in total. The molecular weight excluding hydrogens is 312 g/mol. The summed E-state index contributed by atoms with van der Waals surface area (Å²) >= 11 is 0. The SMILES string of the molecule is CC[C@H](C)NC(=O)CN(c1cccc2ccccc12)S(C)(=O)=O. The van der Waals surface area contributed by atoms with Gasteiger partial charge in [-0.3, -0.25) is 9.10 Å². The van der Waals surface area contributed by atoms with E-state index in [0.717, 1.165) is 27.8 Å². The summed E-state index contributed by atoms with van der Waals surface area (Å²) < 4.78 is 25.6. The zero-order chi connectivity index (χ0) is 17.0. The molecule has 2 rings (SSSR count). The van der Waals surface area contributed by atoms with Gasteiger partial charge in [0.1, 0.15) is 6.54 Å². The zero-order valence-electron chi connectivity index (χ0n) is 13.6. The number of carbonyl (C=O) groups is 1. The van der Waals surface area contributed by atoms with Crippen LogP contribution in [0.15, 0.2) is 42.5 Å². The second-order valence-electron chi connectivity index (χ2n) is 5.64. The smallest absolute Gasteiger partial charge is 0.240 e. The number of carbonyl (C=O) groups excluding carboxylic acids is 1. The predicted molar refractivity (Wildman–Crippen MR) is 94.0 cm³/mol. The second kappa shape index (κ2) is 7.00. The summed E-state index contributed by atoms with van der Waals surface area (Å²) in [5, 5.41) is 4.54. The third-order valence-corrected chi connectivity index (χ3v) is 4.87. The van der Waals surface area contributed by atoms with Crippen molar-refractivity contribution in [3.05, 3.63) is 42.5 Å². The molecule has 0 spiro atoms. The Labute approximate surface area is 137 Å². The lowest BCUT2D eigenvalue weighted by molar-refractivity contribution is -0.120. The highest BCUT2D eigenvalue weighted by molar-refractivity contribution is 7.92. The van der Waals surface area contributed by atoms with Crippen LogP contribution in [-0.4, -0.2) is 33.2 Å². The van der Waals surface area contributed by atoms with Crippen LogP contribution in [0.4, 0.5) is 5.69 Å². The van der Waals surface area contributed by atoms with Crippen molar-refractivity contribution in [3.8, 4) is 0 Å². The standard InChI is InChI=1S/C17H22N2O3S/c1-4-13(2)18-17(20)12-19(23(3,21)22)16-11-7-9-14-8-5-6-10-15(14)16/h5-11,13H,4,12H2,1-3H3,(H,18,20)/t13-/m0/s1. The topological polar surface area (TPSA) is 66.5 Å². The number of amides is 1. The van der Waals surface area contributed by atoms with E-state index in [2.05, 4.69) is 5.32 Å². The van der Waals surface area contributed by atoms with Crippen LogP contribution in [-0.2, 0) is 14.8 Å². The Balaban J connectivity index is 2.41. The van der Waals surface area contributed by atoms with Crippen molar-refractivity contribution in [1.82, 2.24) is 5.32 Å². The lowest BCUT2D eigenvalue weighted by atomic mass is 10.1. The second-order valence-corrected chi connectivity index (χ2v) is 7.55. The quantitative estimate of drug-likeness (QED) is 0.883. The molecule has 0 unspecified atom stereocenters. The first-order chi connectivity index (χ1) is 10.8. The number of rotatable bonds is 6. The molecule has 0 aliphatic rings. The van der Waals surface area contributed by atoms with Crippen molar-refractivity contribution in [2.45, 2.75) is 26.3 Å². The number of sulfonamides is 1. The van der Waals surface area contributed by atoms with Crippen molar-refractivity contribution >= 4 is 32.4 Å². The maximum Gasteiger partial charge on any atom is 0.240 e. The molecule has 0 bridgehead atoms. The lowest BCUT2D eigenvalue weighted by Gasteiger charge is -2.24. The summed E-state index contributed by atoms with van der Waals surface area (Å²) in [6.45, 7) is 3.63. The summed E-state index contributed by atoms with van der Waals surface area (Å²) in [5.41, 5.74) is 0.518. The van der Waals surface area contributed by atoms with Crippen molar-refractivity contribution in [1.29, 1.82) is 0 Å². The summed E-state index contributed by atoms with van der Waals surface area (Å²) in [6, 6.07) is 13.0. The van der Waals surface area contributed by atoms with Gasteiger partial charge in [-0.15, -0.1) is 0 Å². The first kappa shape index (κ1) is 17.3.